The van der Waals surface area contributed by atoms with Gasteiger partial charge in [-0.1, -0.05) is 18.5 Å². The van der Waals surface area contributed by atoms with E-state index in [4.69, 9.17) is 17.3 Å². The molecule has 0 bridgehead atoms. The second-order valence-corrected chi connectivity index (χ2v) is 6.17. The van der Waals surface area contributed by atoms with Gasteiger partial charge < -0.3 is 10.5 Å². The number of rotatable bonds is 7. The third-order valence-corrected chi connectivity index (χ3v) is 4.21. The molecule has 1 atom stereocenters. The molecule has 0 spiro atoms. The molecular weight excluding hydrogens is 314 g/mol. The van der Waals surface area contributed by atoms with Crippen LogP contribution in [0, 0.1) is 0 Å². The van der Waals surface area contributed by atoms with Crippen molar-refractivity contribution in [2.24, 2.45) is 5.73 Å². The Morgan fingerprint density at radius 2 is 2.10 bits per heavy atom. The van der Waals surface area contributed by atoms with Crippen LogP contribution in [0.2, 0.25) is 5.02 Å². The van der Waals surface area contributed by atoms with E-state index in [9.17, 15) is 17.2 Å². The molecule has 0 amide bonds. The zero-order valence-corrected chi connectivity index (χ0v) is 12.2. The third kappa shape index (κ3) is 4.86. The summed E-state index contributed by atoms with van der Waals surface area (Å²) in [6.07, 6.45) is 0.616. The second-order valence-electron chi connectivity index (χ2n) is 3.99. The molecular formula is C11H15ClF2N2O3S. The van der Waals surface area contributed by atoms with Gasteiger partial charge in [0.2, 0.25) is 10.0 Å². The number of benzene rings is 1. The number of sulfonamides is 1. The average Bonchev–Trinajstić information content (AvgIpc) is 2.37. The summed E-state index contributed by atoms with van der Waals surface area (Å²) in [5.41, 5.74) is 5.61. The van der Waals surface area contributed by atoms with Gasteiger partial charge in [-0.2, -0.15) is 8.78 Å². The molecule has 1 aromatic carbocycles. The molecule has 0 aliphatic heterocycles. The smallest absolute Gasteiger partial charge is 0.387 e. The fourth-order valence-electron chi connectivity index (χ4n) is 1.28. The van der Waals surface area contributed by atoms with Crippen LogP contribution in [0.15, 0.2) is 23.1 Å². The summed E-state index contributed by atoms with van der Waals surface area (Å²) in [5.74, 6) is -0.286. The summed E-state index contributed by atoms with van der Waals surface area (Å²) in [6, 6.07) is 2.94. The number of halogens is 3. The lowest BCUT2D eigenvalue weighted by Crippen LogP contribution is -2.36. The molecule has 0 saturated carbocycles. The minimum Gasteiger partial charge on any atom is -0.433 e. The average molecular weight is 329 g/mol. The number of hydrogen-bond donors (Lipinski definition) is 2. The molecule has 0 aromatic heterocycles. The molecule has 114 valence electrons. The van der Waals surface area contributed by atoms with Crippen molar-refractivity contribution in [2.75, 3.05) is 6.54 Å². The van der Waals surface area contributed by atoms with E-state index in [1.54, 1.807) is 0 Å². The molecule has 0 saturated heterocycles. The molecule has 1 aromatic rings. The SMILES string of the molecule is CCC(N)CNS(=O)(=O)c1ccc(OC(F)F)c(Cl)c1. The zero-order chi connectivity index (χ0) is 15.3. The van der Waals surface area contributed by atoms with Crippen LogP contribution in [0.5, 0.6) is 5.75 Å². The predicted molar refractivity (Wildman–Crippen MR) is 71.5 cm³/mol. The van der Waals surface area contributed by atoms with E-state index in [0.29, 0.717) is 6.42 Å². The van der Waals surface area contributed by atoms with Crippen LogP contribution in [0.4, 0.5) is 8.78 Å². The van der Waals surface area contributed by atoms with Crippen LogP contribution in [-0.2, 0) is 10.0 Å². The number of nitrogens with one attached hydrogen (secondary N) is 1. The lowest BCUT2D eigenvalue weighted by Gasteiger charge is -2.12. The Bertz CT molecular complexity index is 555. The van der Waals surface area contributed by atoms with Gasteiger partial charge in [-0.05, 0) is 24.6 Å². The van der Waals surface area contributed by atoms with E-state index >= 15 is 0 Å². The van der Waals surface area contributed by atoms with Gasteiger partial charge in [0, 0.05) is 12.6 Å². The van der Waals surface area contributed by atoms with Gasteiger partial charge in [-0.15, -0.1) is 0 Å². The quantitative estimate of drug-likeness (QED) is 0.801. The van der Waals surface area contributed by atoms with Crippen molar-refractivity contribution in [3.63, 3.8) is 0 Å². The Morgan fingerprint density at radius 1 is 1.45 bits per heavy atom. The Balaban J connectivity index is 2.88. The summed E-state index contributed by atoms with van der Waals surface area (Å²) in [5, 5.41) is -0.215. The summed E-state index contributed by atoms with van der Waals surface area (Å²) in [4.78, 5) is -0.146. The molecule has 0 radical (unpaired) electrons. The molecule has 0 fully saturated rings. The highest BCUT2D eigenvalue weighted by molar-refractivity contribution is 7.89. The molecule has 1 rings (SSSR count). The Kier molecular flexibility index (Phi) is 6.12. The first-order valence-corrected chi connectivity index (χ1v) is 7.62. The normalized spacial score (nSPS) is 13.5. The van der Waals surface area contributed by atoms with Crippen molar-refractivity contribution in [1.82, 2.24) is 4.72 Å². The van der Waals surface area contributed by atoms with Crippen LogP contribution < -0.4 is 15.2 Å². The maximum absolute atomic E-state index is 12.1. The number of nitrogens with two attached hydrogens (primary N) is 1. The van der Waals surface area contributed by atoms with Crippen molar-refractivity contribution < 1.29 is 21.9 Å². The van der Waals surface area contributed by atoms with Crippen molar-refractivity contribution in [2.45, 2.75) is 30.9 Å². The summed E-state index contributed by atoms with van der Waals surface area (Å²) >= 11 is 5.69. The first kappa shape index (κ1) is 17.1. The van der Waals surface area contributed by atoms with Crippen LogP contribution in [0.25, 0.3) is 0 Å². The summed E-state index contributed by atoms with van der Waals surface area (Å²) in [6.45, 7) is -1.13. The monoisotopic (exact) mass is 328 g/mol. The zero-order valence-electron chi connectivity index (χ0n) is 10.6. The molecule has 20 heavy (non-hydrogen) atoms. The Hall–Kier alpha value is -0.960. The van der Waals surface area contributed by atoms with E-state index < -0.39 is 16.6 Å². The van der Waals surface area contributed by atoms with E-state index in [1.807, 2.05) is 6.92 Å². The molecule has 0 aliphatic rings. The summed E-state index contributed by atoms with van der Waals surface area (Å²) < 4.78 is 54.4. The van der Waals surface area contributed by atoms with Crippen LogP contribution >= 0.6 is 11.6 Å². The van der Waals surface area contributed by atoms with E-state index in [2.05, 4.69) is 9.46 Å². The van der Waals surface area contributed by atoms with Crippen molar-refractivity contribution >= 4 is 21.6 Å². The minimum absolute atomic E-state index is 0.0751. The number of ether oxygens (including phenoxy) is 1. The van der Waals surface area contributed by atoms with Gasteiger partial charge in [-0.25, -0.2) is 13.1 Å². The highest BCUT2D eigenvalue weighted by atomic mass is 35.5. The lowest BCUT2D eigenvalue weighted by molar-refractivity contribution is -0.0498. The van der Waals surface area contributed by atoms with Crippen molar-refractivity contribution in [3.8, 4) is 5.75 Å². The second kappa shape index (κ2) is 7.16. The highest BCUT2D eigenvalue weighted by Crippen LogP contribution is 2.28. The minimum atomic E-state index is -3.79. The standard InChI is InChI=1S/C11H15ClF2N2O3S/c1-2-7(15)6-16-20(17,18)8-3-4-10(9(12)5-8)19-11(13)14/h3-5,7,11,16H,2,6,15H2,1H3. The molecule has 0 aliphatic carbocycles. The molecule has 1 unspecified atom stereocenters. The van der Waals surface area contributed by atoms with Gasteiger partial charge in [0.15, 0.2) is 0 Å². The fourth-order valence-corrected chi connectivity index (χ4v) is 2.69. The largest absolute Gasteiger partial charge is 0.433 e. The van der Waals surface area contributed by atoms with Gasteiger partial charge in [-0.3, -0.25) is 0 Å². The first-order chi connectivity index (χ1) is 9.26. The maximum Gasteiger partial charge on any atom is 0.387 e. The van der Waals surface area contributed by atoms with Gasteiger partial charge >= 0.3 is 6.61 Å². The van der Waals surface area contributed by atoms with Gasteiger partial charge in [0.05, 0.1) is 9.92 Å². The van der Waals surface area contributed by atoms with E-state index in [0.717, 1.165) is 18.2 Å². The van der Waals surface area contributed by atoms with Gasteiger partial charge in [0.25, 0.3) is 0 Å². The topological polar surface area (TPSA) is 81.4 Å². The molecule has 3 N–H and O–H groups in total. The molecule has 5 nitrogen and oxygen atoms in total. The van der Waals surface area contributed by atoms with Gasteiger partial charge in [0.1, 0.15) is 5.75 Å². The molecule has 9 heteroatoms. The fraction of sp³-hybridized carbons (Fsp3) is 0.455. The number of alkyl halides is 2. The highest BCUT2D eigenvalue weighted by Gasteiger charge is 2.17. The molecule has 0 heterocycles. The Morgan fingerprint density at radius 3 is 2.60 bits per heavy atom. The van der Waals surface area contributed by atoms with Crippen LogP contribution in [0.1, 0.15) is 13.3 Å². The van der Waals surface area contributed by atoms with Crippen LogP contribution in [0.3, 0.4) is 0 Å². The van der Waals surface area contributed by atoms with Crippen LogP contribution in [-0.4, -0.2) is 27.6 Å². The van der Waals surface area contributed by atoms with E-state index in [-0.39, 0.29) is 28.3 Å². The number of hydrogen-bond acceptors (Lipinski definition) is 4. The summed E-state index contributed by atoms with van der Waals surface area (Å²) in [7, 11) is -3.79. The van der Waals surface area contributed by atoms with E-state index in [1.165, 1.54) is 0 Å². The Labute approximate surface area is 121 Å². The lowest BCUT2D eigenvalue weighted by atomic mass is 10.2. The maximum atomic E-state index is 12.1. The first-order valence-electron chi connectivity index (χ1n) is 5.76. The van der Waals surface area contributed by atoms with Crippen molar-refractivity contribution in [3.05, 3.63) is 23.2 Å². The predicted octanol–water partition coefficient (Wildman–Crippen LogP) is 1.96. The van der Waals surface area contributed by atoms with Crippen molar-refractivity contribution in [1.29, 1.82) is 0 Å². The third-order valence-electron chi connectivity index (χ3n) is 2.49.